The minimum Gasteiger partial charge on any atom is -0.238 e. The normalized spacial score (nSPS) is 11.6. The summed E-state index contributed by atoms with van der Waals surface area (Å²) in [5.74, 6) is 0. The van der Waals surface area contributed by atoms with Gasteiger partial charge in [-0.1, -0.05) is 17.7 Å². The molecule has 1 heterocycles. The van der Waals surface area contributed by atoms with E-state index in [0.29, 0.717) is 10.7 Å². The number of hydrogen-bond acceptors (Lipinski definition) is 3. The number of halogens is 1. The van der Waals surface area contributed by atoms with Crippen molar-refractivity contribution in [2.45, 2.75) is 4.90 Å². The minimum atomic E-state index is -3.33. The molecule has 0 radical (unpaired) electrons. The highest BCUT2D eigenvalue weighted by Crippen LogP contribution is 2.27. The number of sulfone groups is 1. The Morgan fingerprint density at radius 3 is 2.62 bits per heavy atom. The Kier molecular flexibility index (Phi) is 2.73. The predicted octanol–water partition coefficient (Wildman–Crippen LogP) is 1.93. The lowest BCUT2D eigenvalue weighted by molar-refractivity contribution is 0.601. The summed E-state index contributed by atoms with van der Waals surface area (Å²) < 4.78 is 24.6. The molecule has 84 valence electrons. The van der Waals surface area contributed by atoms with Crippen molar-refractivity contribution in [2.75, 3.05) is 6.26 Å². The molecule has 2 aromatic rings. The molecule has 0 aliphatic rings. The molecule has 6 heteroatoms. The third-order valence-electron chi connectivity index (χ3n) is 2.08. The quantitative estimate of drug-likeness (QED) is 0.825. The molecule has 2 rings (SSSR count). The van der Waals surface area contributed by atoms with Gasteiger partial charge in [-0.2, -0.15) is 5.10 Å². The van der Waals surface area contributed by atoms with Gasteiger partial charge in [0.2, 0.25) is 0 Å². The summed E-state index contributed by atoms with van der Waals surface area (Å²) in [7, 11) is -3.33. The Bertz CT molecular complexity index is 606. The van der Waals surface area contributed by atoms with E-state index in [1.54, 1.807) is 30.6 Å². The van der Waals surface area contributed by atoms with E-state index in [2.05, 4.69) is 5.10 Å². The molecule has 0 spiro atoms. The van der Waals surface area contributed by atoms with Crippen LogP contribution >= 0.6 is 11.6 Å². The number of para-hydroxylation sites is 1. The summed E-state index contributed by atoms with van der Waals surface area (Å²) in [6, 6.07) is 6.45. The summed E-state index contributed by atoms with van der Waals surface area (Å²) in [4.78, 5) is 0.170. The Labute approximate surface area is 98.4 Å². The Morgan fingerprint density at radius 2 is 2.06 bits per heavy atom. The summed E-state index contributed by atoms with van der Waals surface area (Å²) in [5.41, 5.74) is 0.386. The van der Waals surface area contributed by atoms with E-state index in [1.165, 1.54) is 10.7 Å². The van der Waals surface area contributed by atoms with E-state index >= 15 is 0 Å². The summed E-state index contributed by atoms with van der Waals surface area (Å²) in [6.45, 7) is 0. The highest BCUT2D eigenvalue weighted by atomic mass is 35.5. The average molecular weight is 257 g/mol. The SMILES string of the molecule is CS(=O)(=O)c1cccc(Cl)c1-n1cccn1. The highest BCUT2D eigenvalue weighted by Gasteiger charge is 2.17. The molecular weight excluding hydrogens is 248 g/mol. The number of nitrogens with zero attached hydrogens (tertiary/aromatic N) is 2. The second kappa shape index (κ2) is 3.92. The van der Waals surface area contributed by atoms with Crippen molar-refractivity contribution in [1.29, 1.82) is 0 Å². The van der Waals surface area contributed by atoms with Crippen LogP contribution in [0.15, 0.2) is 41.6 Å². The van der Waals surface area contributed by atoms with Crippen LogP contribution in [0.4, 0.5) is 0 Å². The minimum absolute atomic E-state index is 0.170. The van der Waals surface area contributed by atoms with Crippen LogP contribution in [0.2, 0.25) is 5.02 Å². The zero-order valence-electron chi connectivity index (χ0n) is 8.46. The Hall–Kier alpha value is -1.33. The monoisotopic (exact) mass is 256 g/mol. The summed E-state index contributed by atoms with van der Waals surface area (Å²) in [5, 5.41) is 4.34. The van der Waals surface area contributed by atoms with Gasteiger partial charge in [0.05, 0.1) is 9.92 Å². The molecule has 0 atom stereocenters. The van der Waals surface area contributed by atoms with Gasteiger partial charge >= 0.3 is 0 Å². The number of hydrogen-bond donors (Lipinski definition) is 0. The zero-order valence-corrected chi connectivity index (χ0v) is 10.0. The van der Waals surface area contributed by atoms with Crippen molar-refractivity contribution in [2.24, 2.45) is 0 Å². The molecule has 0 amide bonds. The molecular formula is C10H9ClN2O2S. The van der Waals surface area contributed by atoms with Gasteiger partial charge in [-0.15, -0.1) is 0 Å². The van der Waals surface area contributed by atoms with E-state index in [0.717, 1.165) is 6.26 Å². The molecule has 16 heavy (non-hydrogen) atoms. The first-order valence-electron chi connectivity index (χ1n) is 4.49. The smallest absolute Gasteiger partial charge is 0.177 e. The summed E-state index contributed by atoms with van der Waals surface area (Å²) in [6.07, 6.45) is 4.36. The predicted molar refractivity (Wildman–Crippen MR) is 61.7 cm³/mol. The molecule has 0 saturated carbocycles. The van der Waals surface area contributed by atoms with Crippen LogP contribution < -0.4 is 0 Å². The zero-order chi connectivity index (χ0) is 11.8. The van der Waals surface area contributed by atoms with E-state index < -0.39 is 9.84 Å². The first kappa shape index (κ1) is 11.2. The molecule has 0 aliphatic carbocycles. The number of benzene rings is 1. The fourth-order valence-electron chi connectivity index (χ4n) is 1.42. The maximum atomic E-state index is 11.6. The van der Waals surface area contributed by atoms with Crippen molar-refractivity contribution in [3.05, 3.63) is 41.7 Å². The van der Waals surface area contributed by atoms with Crippen molar-refractivity contribution in [1.82, 2.24) is 9.78 Å². The van der Waals surface area contributed by atoms with Gasteiger partial charge in [0, 0.05) is 18.6 Å². The third kappa shape index (κ3) is 1.96. The second-order valence-electron chi connectivity index (χ2n) is 3.31. The van der Waals surface area contributed by atoms with E-state index in [1.807, 2.05) is 0 Å². The van der Waals surface area contributed by atoms with Crippen molar-refractivity contribution in [3.8, 4) is 5.69 Å². The fraction of sp³-hybridized carbons (Fsp3) is 0.100. The molecule has 0 N–H and O–H groups in total. The molecule has 0 bridgehead atoms. The molecule has 1 aromatic carbocycles. The molecule has 0 aliphatic heterocycles. The van der Waals surface area contributed by atoms with Gasteiger partial charge < -0.3 is 0 Å². The fourth-order valence-corrected chi connectivity index (χ4v) is 2.62. The van der Waals surface area contributed by atoms with Crippen LogP contribution in [-0.2, 0) is 9.84 Å². The maximum Gasteiger partial charge on any atom is 0.177 e. The lowest BCUT2D eigenvalue weighted by Gasteiger charge is -2.09. The maximum absolute atomic E-state index is 11.6. The summed E-state index contributed by atoms with van der Waals surface area (Å²) >= 11 is 6.00. The van der Waals surface area contributed by atoms with Gasteiger partial charge in [0.25, 0.3) is 0 Å². The van der Waals surface area contributed by atoms with Gasteiger partial charge in [-0.3, -0.25) is 0 Å². The van der Waals surface area contributed by atoms with Crippen molar-refractivity contribution >= 4 is 21.4 Å². The number of aromatic nitrogens is 2. The Morgan fingerprint density at radius 1 is 1.31 bits per heavy atom. The molecule has 4 nitrogen and oxygen atoms in total. The van der Waals surface area contributed by atoms with E-state index in [9.17, 15) is 8.42 Å². The first-order valence-corrected chi connectivity index (χ1v) is 6.75. The van der Waals surface area contributed by atoms with Crippen LogP contribution in [0.5, 0.6) is 0 Å². The highest BCUT2D eigenvalue weighted by molar-refractivity contribution is 7.90. The lowest BCUT2D eigenvalue weighted by atomic mass is 10.3. The van der Waals surface area contributed by atoms with Crippen LogP contribution in [0.25, 0.3) is 5.69 Å². The lowest BCUT2D eigenvalue weighted by Crippen LogP contribution is -2.06. The van der Waals surface area contributed by atoms with Gasteiger partial charge in [-0.05, 0) is 18.2 Å². The molecule has 0 fully saturated rings. The van der Waals surface area contributed by atoms with Crippen LogP contribution in [-0.4, -0.2) is 24.5 Å². The molecule has 0 unspecified atom stereocenters. The van der Waals surface area contributed by atoms with E-state index in [-0.39, 0.29) is 4.90 Å². The van der Waals surface area contributed by atoms with Gasteiger partial charge in [0.15, 0.2) is 9.84 Å². The molecule has 1 aromatic heterocycles. The molecule has 0 saturated heterocycles. The average Bonchev–Trinajstić information content (AvgIpc) is 2.68. The second-order valence-corrected chi connectivity index (χ2v) is 5.70. The van der Waals surface area contributed by atoms with Gasteiger partial charge in [0.1, 0.15) is 5.69 Å². The third-order valence-corrected chi connectivity index (χ3v) is 3.52. The standard InChI is InChI=1S/C10H9ClN2O2S/c1-16(14,15)9-5-2-4-8(11)10(9)13-7-3-6-12-13/h2-7H,1H3. The van der Waals surface area contributed by atoms with Crippen molar-refractivity contribution in [3.63, 3.8) is 0 Å². The van der Waals surface area contributed by atoms with E-state index in [4.69, 9.17) is 11.6 Å². The number of rotatable bonds is 2. The van der Waals surface area contributed by atoms with Crippen molar-refractivity contribution < 1.29 is 8.42 Å². The topological polar surface area (TPSA) is 52.0 Å². The first-order chi connectivity index (χ1) is 7.50. The van der Waals surface area contributed by atoms with Crippen LogP contribution in [0.1, 0.15) is 0 Å². The van der Waals surface area contributed by atoms with Crippen LogP contribution in [0.3, 0.4) is 0 Å². The largest absolute Gasteiger partial charge is 0.238 e. The Balaban J connectivity index is 2.78. The van der Waals surface area contributed by atoms with Gasteiger partial charge in [-0.25, -0.2) is 13.1 Å². The van der Waals surface area contributed by atoms with Crippen LogP contribution in [0, 0.1) is 0 Å².